The summed E-state index contributed by atoms with van der Waals surface area (Å²) in [6.07, 6.45) is 7.64. The van der Waals surface area contributed by atoms with Crippen LogP contribution in [0.15, 0.2) is 49.1 Å². The third kappa shape index (κ3) is 2.26. The van der Waals surface area contributed by atoms with Crippen LogP contribution in [0.4, 0.5) is 0 Å². The molecule has 0 saturated carbocycles. The molecule has 0 bridgehead atoms. The molecule has 3 aromatic heterocycles. The number of nitrogens with zero attached hydrogens (tertiary/aromatic N) is 4. The Balaban J connectivity index is 1.57. The second-order valence-corrected chi connectivity index (χ2v) is 4.15. The van der Waals surface area contributed by atoms with E-state index in [-0.39, 0.29) is 0 Å². The molecule has 0 aromatic carbocycles. The number of fused-ring (bicyclic) bond motifs is 1. The molecule has 3 heterocycles. The Morgan fingerprint density at radius 3 is 3.00 bits per heavy atom. The first-order valence-electron chi connectivity index (χ1n) is 6.03. The Morgan fingerprint density at radius 1 is 1.11 bits per heavy atom. The van der Waals surface area contributed by atoms with Crippen LogP contribution in [0.1, 0.15) is 5.56 Å². The van der Waals surface area contributed by atoms with E-state index in [1.54, 1.807) is 6.20 Å². The monoisotopic (exact) mass is 241 g/mol. The van der Waals surface area contributed by atoms with Crippen LogP contribution in [0.3, 0.4) is 0 Å². The van der Waals surface area contributed by atoms with Crippen LogP contribution >= 0.6 is 0 Å². The van der Waals surface area contributed by atoms with E-state index in [2.05, 4.69) is 21.6 Å². The van der Waals surface area contributed by atoms with Gasteiger partial charge in [0.15, 0.2) is 0 Å². The van der Waals surface area contributed by atoms with Crippen molar-refractivity contribution in [1.82, 2.24) is 24.7 Å². The smallest absolute Gasteiger partial charge is 0.0706 e. The first-order chi connectivity index (χ1) is 8.93. The Kier molecular flexibility index (Phi) is 3.06. The van der Waals surface area contributed by atoms with Gasteiger partial charge >= 0.3 is 0 Å². The van der Waals surface area contributed by atoms with Crippen molar-refractivity contribution >= 4 is 5.52 Å². The minimum Gasteiger partial charge on any atom is -0.311 e. The highest BCUT2D eigenvalue weighted by atomic mass is 15.3. The maximum atomic E-state index is 4.31. The van der Waals surface area contributed by atoms with E-state index in [4.69, 9.17) is 0 Å². The van der Waals surface area contributed by atoms with E-state index in [0.717, 1.165) is 25.2 Å². The van der Waals surface area contributed by atoms with Crippen LogP contribution in [0.5, 0.6) is 0 Å². The summed E-state index contributed by atoms with van der Waals surface area (Å²) in [6.45, 7) is 2.60. The lowest BCUT2D eigenvalue weighted by molar-refractivity contribution is 0.555. The summed E-state index contributed by atoms with van der Waals surface area (Å²) in [6, 6.07) is 8.03. The Morgan fingerprint density at radius 2 is 2.11 bits per heavy atom. The first-order valence-corrected chi connectivity index (χ1v) is 6.03. The van der Waals surface area contributed by atoms with Gasteiger partial charge in [-0.05, 0) is 18.2 Å². The molecule has 5 heteroatoms. The van der Waals surface area contributed by atoms with E-state index in [1.165, 1.54) is 5.56 Å². The van der Waals surface area contributed by atoms with Crippen LogP contribution in [0.25, 0.3) is 5.52 Å². The maximum Gasteiger partial charge on any atom is 0.0706 e. The fourth-order valence-corrected chi connectivity index (χ4v) is 1.97. The molecule has 0 fully saturated rings. The van der Waals surface area contributed by atoms with Crippen LogP contribution in [-0.4, -0.2) is 25.9 Å². The van der Waals surface area contributed by atoms with Crippen molar-refractivity contribution in [2.75, 3.05) is 6.54 Å². The predicted octanol–water partition coefficient (Wildman–Crippen LogP) is 1.32. The van der Waals surface area contributed by atoms with E-state index in [1.807, 2.05) is 46.0 Å². The lowest BCUT2D eigenvalue weighted by Crippen LogP contribution is -2.19. The van der Waals surface area contributed by atoms with Crippen molar-refractivity contribution in [3.63, 3.8) is 0 Å². The molecule has 0 amide bonds. The topological polar surface area (TPSA) is 47.1 Å². The van der Waals surface area contributed by atoms with Gasteiger partial charge in [-0.3, -0.25) is 4.68 Å². The standard InChI is InChI=1S/C13H15N5/c1-2-8-18-13(4-1)12(11-16-18)10-14-6-9-17-7-3-5-15-17/h1-5,7-8,11,14H,6,9-10H2. The van der Waals surface area contributed by atoms with Gasteiger partial charge in [-0.1, -0.05) is 6.07 Å². The predicted molar refractivity (Wildman–Crippen MR) is 69.1 cm³/mol. The van der Waals surface area contributed by atoms with Crippen LogP contribution in [0, 0.1) is 0 Å². The molecule has 92 valence electrons. The first kappa shape index (κ1) is 11.0. The van der Waals surface area contributed by atoms with Gasteiger partial charge in [0.05, 0.1) is 18.3 Å². The fourth-order valence-electron chi connectivity index (χ4n) is 1.97. The van der Waals surface area contributed by atoms with Crippen molar-refractivity contribution < 1.29 is 0 Å². The lowest BCUT2D eigenvalue weighted by Gasteiger charge is -2.04. The van der Waals surface area contributed by atoms with Gasteiger partial charge in [0.25, 0.3) is 0 Å². The van der Waals surface area contributed by atoms with Crippen LogP contribution in [-0.2, 0) is 13.1 Å². The maximum absolute atomic E-state index is 4.31. The van der Waals surface area contributed by atoms with Gasteiger partial charge in [-0.15, -0.1) is 0 Å². The van der Waals surface area contributed by atoms with Crippen LogP contribution < -0.4 is 5.32 Å². The minimum absolute atomic E-state index is 0.828. The molecule has 3 rings (SSSR count). The number of nitrogens with one attached hydrogen (secondary N) is 1. The number of rotatable bonds is 5. The summed E-state index contributed by atoms with van der Waals surface area (Å²) in [7, 11) is 0. The highest BCUT2D eigenvalue weighted by Crippen LogP contribution is 2.08. The molecule has 18 heavy (non-hydrogen) atoms. The number of pyridine rings is 1. The van der Waals surface area contributed by atoms with E-state index in [9.17, 15) is 0 Å². The molecule has 0 atom stereocenters. The third-order valence-electron chi connectivity index (χ3n) is 2.90. The Bertz CT molecular complexity index is 611. The summed E-state index contributed by atoms with van der Waals surface area (Å²) in [4.78, 5) is 0. The second-order valence-electron chi connectivity index (χ2n) is 4.15. The van der Waals surface area contributed by atoms with Crippen LogP contribution in [0.2, 0.25) is 0 Å². The Labute approximate surface area is 105 Å². The molecule has 0 aliphatic heterocycles. The van der Waals surface area contributed by atoms with E-state index >= 15 is 0 Å². The van der Waals surface area contributed by atoms with Crippen molar-refractivity contribution in [3.8, 4) is 0 Å². The molecule has 1 N–H and O–H groups in total. The fraction of sp³-hybridized carbons (Fsp3) is 0.231. The molecule has 0 unspecified atom stereocenters. The molecule has 0 spiro atoms. The van der Waals surface area contributed by atoms with Crippen molar-refractivity contribution in [2.45, 2.75) is 13.1 Å². The average molecular weight is 241 g/mol. The highest BCUT2D eigenvalue weighted by molar-refractivity contribution is 5.53. The lowest BCUT2D eigenvalue weighted by atomic mass is 10.2. The summed E-state index contributed by atoms with van der Waals surface area (Å²) in [5, 5.41) is 11.9. The largest absolute Gasteiger partial charge is 0.311 e. The zero-order chi connectivity index (χ0) is 12.2. The molecule has 0 aliphatic carbocycles. The van der Waals surface area contributed by atoms with Gasteiger partial charge in [-0.2, -0.15) is 10.2 Å². The zero-order valence-electron chi connectivity index (χ0n) is 10.0. The molecular formula is C13H15N5. The minimum atomic E-state index is 0.828. The summed E-state index contributed by atoms with van der Waals surface area (Å²) in [5.74, 6) is 0. The van der Waals surface area contributed by atoms with Crippen molar-refractivity contribution in [1.29, 1.82) is 0 Å². The molecule has 0 radical (unpaired) electrons. The van der Waals surface area contributed by atoms with E-state index < -0.39 is 0 Å². The number of aromatic nitrogens is 4. The molecule has 0 saturated heterocycles. The quantitative estimate of drug-likeness (QED) is 0.685. The summed E-state index contributed by atoms with van der Waals surface area (Å²) in [5.41, 5.74) is 2.38. The third-order valence-corrected chi connectivity index (χ3v) is 2.90. The number of hydrogen-bond acceptors (Lipinski definition) is 3. The van der Waals surface area contributed by atoms with Gasteiger partial charge in [0.2, 0.25) is 0 Å². The van der Waals surface area contributed by atoms with Gasteiger partial charge < -0.3 is 5.32 Å². The van der Waals surface area contributed by atoms with Crippen molar-refractivity contribution in [2.24, 2.45) is 0 Å². The zero-order valence-corrected chi connectivity index (χ0v) is 10.0. The molecule has 3 aromatic rings. The average Bonchev–Trinajstić information content (AvgIpc) is 3.04. The van der Waals surface area contributed by atoms with Crippen molar-refractivity contribution in [3.05, 3.63) is 54.6 Å². The summed E-state index contributed by atoms with van der Waals surface area (Å²) >= 11 is 0. The van der Waals surface area contributed by atoms with E-state index in [0.29, 0.717) is 0 Å². The van der Waals surface area contributed by atoms with Gasteiger partial charge in [0.1, 0.15) is 0 Å². The Hall–Kier alpha value is -2.14. The van der Waals surface area contributed by atoms with Gasteiger partial charge in [-0.25, -0.2) is 4.52 Å². The molecular weight excluding hydrogens is 226 g/mol. The molecule has 0 aliphatic rings. The SMILES string of the molecule is c1ccn2ncc(CNCCn3cccn3)c2c1. The molecule has 5 nitrogen and oxygen atoms in total. The normalized spacial score (nSPS) is 11.1. The van der Waals surface area contributed by atoms with Gasteiger partial charge in [0, 0.05) is 37.2 Å². The highest BCUT2D eigenvalue weighted by Gasteiger charge is 2.01. The second kappa shape index (κ2) is 5.01. The number of hydrogen-bond donors (Lipinski definition) is 1. The summed E-state index contributed by atoms with van der Waals surface area (Å²) < 4.78 is 3.81.